The highest BCUT2D eigenvalue weighted by Gasteiger charge is 2.44. The zero-order valence-corrected chi connectivity index (χ0v) is 12.3. The number of esters is 1. The highest BCUT2D eigenvalue weighted by molar-refractivity contribution is 5.84. The van der Waals surface area contributed by atoms with Crippen LogP contribution < -0.4 is 5.32 Å². The molecule has 1 fully saturated rings. The average Bonchev–Trinajstić information content (AvgIpc) is 2.37. The molecule has 0 atom stereocenters. The zero-order chi connectivity index (χ0) is 14.0. The maximum absolute atomic E-state index is 12.4. The predicted molar refractivity (Wildman–Crippen MR) is 76.5 cm³/mol. The van der Waals surface area contributed by atoms with Gasteiger partial charge in [0.15, 0.2) is 0 Å². The number of hydrogen-bond donors (Lipinski definition) is 1. The molecule has 0 unspecified atom stereocenters. The number of rotatable bonds is 2. The summed E-state index contributed by atoms with van der Waals surface area (Å²) >= 11 is 0. The van der Waals surface area contributed by atoms with E-state index in [-0.39, 0.29) is 5.97 Å². The van der Waals surface area contributed by atoms with Crippen LogP contribution >= 0.6 is 0 Å². The third kappa shape index (κ3) is 2.39. The Bertz CT molecular complexity index is 465. The second-order valence-electron chi connectivity index (χ2n) is 5.60. The summed E-state index contributed by atoms with van der Waals surface area (Å²) < 4.78 is 5.12. The van der Waals surface area contributed by atoms with Gasteiger partial charge in [-0.05, 0) is 63.4 Å². The van der Waals surface area contributed by atoms with E-state index >= 15 is 0 Å². The first-order valence-corrected chi connectivity index (χ1v) is 6.89. The van der Waals surface area contributed by atoms with Crippen LogP contribution in [0.2, 0.25) is 0 Å². The van der Waals surface area contributed by atoms with Crippen LogP contribution in [0, 0.1) is 20.8 Å². The predicted octanol–water partition coefficient (Wildman–Crippen LogP) is 2.41. The first kappa shape index (κ1) is 14.1. The molecule has 1 aromatic rings. The lowest BCUT2D eigenvalue weighted by Crippen LogP contribution is -2.47. The Balaban J connectivity index is 2.59. The molecule has 3 heteroatoms. The quantitative estimate of drug-likeness (QED) is 0.831. The summed E-state index contributed by atoms with van der Waals surface area (Å²) in [5, 5.41) is 3.33. The van der Waals surface area contributed by atoms with Gasteiger partial charge in [-0.15, -0.1) is 0 Å². The van der Waals surface area contributed by atoms with Crippen molar-refractivity contribution in [2.45, 2.75) is 39.0 Å². The first-order chi connectivity index (χ1) is 9.01. The third-order valence-electron chi connectivity index (χ3n) is 4.19. The molecule has 1 heterocycles. The summed E-state index contributed by atoms with van der Waals surface area (Å²) in [5.41, 5.74) is 4.34. The van der Waals surface area contributed by atoms with Gasteiger partial charge in [-0.25, -0.2) is 0 Å². The van der Waals surface area contributed by atoms with Crippen LogP contribution in [0.5, 0.6) is 0 Å². The highest BCUT2D eigenvalue weighted by Crippen LogP contribution is 2.39. The van der Waals surface area contributed by atoms with E-state index in [1.54, 1.807) is 0 Å². The fourth-order valence-electron chi connectivity index (χ4n) is 3.54. The minimum absolute atomic E-state index is 0.0935. The lowest BCUT2D eigenvalue weighted by Gasteiger charge is -2.37. The SMILES string of the molecule is COC(=O)C1(c2c(C)cc(C)cc2C)CCNCC1. The maximum Gasteiger partial charge on any atom is 0.316 e. The molecule has 0 saturated carbocycles. The van der Waals surface area contributed by atoms with E-state index in [1.165, 1.54) is 29.4 Å². The Morgan fingerprint density at radius 3 is 2.16 bits per heavy atom. The van der Waals surface area contributed by atoms with Gasteiger partial charge in [0.25, 0.3) is 0 Å². The van der Waals surface area contributed by atoms with Gasteiger partial charge in [0.05, 0.1) is 12.5 Å². The second kappa shape index (κ2) is 5.33. The van der Waals surface area contributed by atoms with Crippen LogP contribution in [0.1, 0.15) is 35.1 Å². The Kier molecular flexibility index (Phi) is 3.95. The molecule has 1 saturated heterocycles. The van der Waals surface area contributed by atoms with Crippen molar-refractivity contribution >= 4 is 5.97 Å². The van der Waals surface area contributed by atoms with E-state index in [0.717, 1.165) is 25.9 Å². The lowest BCUT2D eigenvalue weighted by atomic mass is 9.70. The number of carbonyl (C=O) groups excluding carboxylic acids is 1. The van der Waals surface area contributed by atoms with Crippen molar-refractivity contribution < 1.29 is 9.53 Å². The van der Waals surface area contributed by atoms with Crippen LogP contribution in [0.4, 0.5) is 0 Å². The number of carbonyl (C=O) groups is 1. The van der Waals surface area contributed by atoms with Crippen LogP contribution in [0.25, 0.3) is 0 Å². The van der Waals surface area contributed by atoms with E-state index in [9.17, 15) is 4.79 Å². The largest absolute Gasteiger partial charge is 0.468 e. The molecule has 104 valence electrons. The molecular formula is C16H23NO2. The fourth-order valence-corrected chi connectivity index (χ4v) is 3.54. The van der Waals surface area contributed by atoms with Crippen molar-refractivity contribution in [2.24, 2.45) is 0 Å². The molecule has 0 aromatic heterocycles. The smallest absolute Gasteiger partial charge is 0.316 e. The van der Waals surface area contributed by atoms with Crippen molar-refractivity contribution in [1.82, 2.24) is 5.32 Å². The maximum atomic E-state index is 12.4. The zero-order valence-electron chi connectivity index (χ0n) is 12.3. The number of piperidine rings is 1. The fraction of sp³-hybridized carbons (Fsp3) is 0.562. The molecule has 1 aromatic carbocycles. The molecule has 1 aliphatic heterocycles. The number of ether oxygens (including phenoxy) is 1. The van der Waals surface area contributed by atoms with Crippen molar-refractivity contribution in [3.05, 3.63) is 34.4 Å². The summed E-state index contributed by atoms with van der Waals surface area (Å²) in [6.07, 6.45) is 1.62. The van der Waals surface area contributed by atoms with Crippen molar-refractivity contribution in [2.75, 3.05) is 20.2 Å². The van der Waals surface area contributed by atoms with E-state index in [1.807, 2.05) is 0 Å². The van der Waals surface area contributed by atoms with Gasteiger partial charge in [0, 0.05) is 0 Å². The Morgan fingerprint density at radius 2 is 1.68 bits per heavy atom. The number of hydrogen-bond acceptors (Lipinski definition) is 3. The molecule has 0 spiro atoms. The molecule has 3 nitrogen and oxygen atoms in total. The highest BCUT2D eigenvalue weighted by atomic mass is 16.5. The Hall–Kier alpha value is -1.35. The summed E-state index contributed by atoms with van der Waals surface area (Å²) in [4.78, 5) is 12.4. The topological polar surface area (TPSA) is 38.3 Å². The van der Waals surface area contributed by atoms with Crippen LogP contribution in [0.3, 0.4) is 0 Å². The van der Waals surface area contributed by atoms with Gasteiger partial charge in [0.1, 0.15) is 0 Å². The van der Waals surface area contributed by atoms with E-state index in [4.69, 9.17) is 4.74 Å². The Labute approximate surface area is 115 Å². The molecule has 0 radical (unpaired) electrons. The second-order valence-corrected chi connectivity index (χ2v) is 5.60. The summed E-state index contributed by atoms with van der Waals surface area (Å²) in [6, 6.07) is 4.32. The van der Waals surface area contributed by atoms with E-state index in [2.05, 4.69) is 38.2 Å². The minimum Gasteiger partial charge on any atom is -0.468 e. The average molecular weight is 261 g/mol. The van der Waals surface area contributed by atoms with Crippen molar-refractivity contribution in [1.29, 1.82) is 0 Å². The van der Waals surface area contributed by atoms with Gasteiger partial charge < -0.3 is 10.1 Å². The van der Waals surface area contributed by atoms with Gasteiger partial charge >= 0.3 is 5.97 Å². The molecular weight excluding hydrogens is 238 g/mol. The summed E-state index contributed by atoms with van der Waals surface area (Å²) in [6.45, 7) is 8.02. The molecule has 1 N–H and O–H groups in total. The molecule has 1 aliphatic rings. The van der Waals surface area contributed by atoms with Crippen molar-refractivity contribution in [3.8, 4) is 0 Å². The van der Waals surface area contributed by atoms with Gasteiger partial charge in [-0.1, -0.05) is 17.7 Å². The van der Waals surface area contributed by atoms with E-state index < -0.39 is 5.41 Å². The monoisotopic (exact) mass is 261 g/mol. The number of methoxy groups -OCH3 is 1. The Morgan fingerprint density at radius 1 is 1.16 bits per heavy atom. The standard InChI is InChI=1S/C16H23NO2/c1-11-9-12(2)14(13(3)10-11)16(15(18)19-4)5-7-17-8-6-16/h9-10,17H,5-8H2,1-4H3. The van der Waals surface area contributed by atoms with Crippen LogP contribution in [-0.2, 0) is 14.9 Å². The molecule has 19 heavy (non-hydrogen) atoms. The van der Waals surface area contributed by atoms with Gasteiger partial charge in [-0.2, -0.15) is 0 Å². The van der Waals surface area contributed by atoms with Crippen LogP contribution in [-0.4, -0.2) is 26.2 Å². The first-order valence-electron chi connectivity index (χ1n) is 6.89. The summed E-state index contributed by atoms with van der Waals surface area (Å²) in [5.74, 6) is -0.0935. The van der Waals surface area contributed by atoms with Crippen LogP contribution in [0.15, 0.2) is 12.1 Å². The molecule has 0 amide bonds. The van der Waals surface area contributed by atoms with Gasteiger partial charge in [-0.3, -0.25) is 4.79 Å². The van der Waals surface area contributed by atoms with Gasteiger partial charge in [0.2, 0.25) is 0 Å². The number of aryl methyl sites for hydroxylation is 3. The number of nitrogens with one attached hydrogen (secondary N) is 1. The summed E-state index contributed by atoms with van der Waals surface area (Å²) in [7, 11) is 1.49. The molecule has 2 rings (SSSR count). The van der Waals surface area contributed by atoms with Crippen molar-refractivity contribution in [3.63, 3.8) is 0 Å². The number of benzene rings is 1. The lowest BCUT2D eigenvalue weighted by molar-refractivity contribution is -0.148. The minimum atomic E-state index is -0.470. The normalized spacial score (nSPS) is 18.1. The third-order valence-corrected chi connectivity index (χ3v) is 4.19. The molecule has 0 bridgehead atoms. The van der Waals surface area contributed by atoms with E-state index in [0.29, 0.717) is 0 Å². The molecule has 0 aliphatic carbocycles.